The molecule has 4 nitrogen and oxygen atoms in total. The zero-order valence-corrected chi connectivity index (χ0v) is 21.1. The van der Waals surface area contributed by atoms with Crippen LogP contribution in [0.4, 0.5) is 0 Å². The maximum Gasteiger partial charge on any atom is 0.242 e. The van der Waals surface area contributed by atoms with Crippen molar-refractivity contribution in [2.75, 3.05) is 12.3 Å². The summed E-state index contributed by atoms with van der Waals surface area (Å²) in [6, 6.07) is 9.83. The fraction of sp³-hybridized carbons (Fsp3) is 0.364. The summed E-state index contributed by atoms with van der Waals surface area (Å²) >= 11 is 26.2. The van der Waals surface area contributed by atoms with Crippen molar-refractivity contribution in [1.29, 1.82) is 0 Å². The third-order valence-electron chi connectivity index (χ3n) is 4.63. The van der Waals surface area contributed by atoms with E-state index >= 15 is 0 Å². The summed E-state index contributed by atoms with van der Waals surface area (Å²) in [6.07, 6.45) is 0.466. The van der Waals surface area contributed by atoms with Crippen molar-refractivity contribution in [2.24, 2.45) is 0 Å². The van der Waals surface area contributed by atoms with Gasteiger partial charge in [-0.05, 0) is 43.2 Å². The molecule has 0 heterocycles. The monoisotopic (exact) mass is 520 g/mol. The van der Waals surface area contributed by atoms with Crippen molar-refractivity contribution in [3.05, 3.63) is 67.6 Å². The van der Waals surface area contributed by atoms with E-state index in [0.29, 0.717) is 44.4 Å². The van der Waals surface area contributed by atoms with Crippen LogP contribution in [0.15, 0.2) is 36.4 Å². The number of nitrogens with one attached hydrogen (secondary N) is 1. The number of nitrogens with zero attached hydrogens (tertiary/aromatic N) is 1. The van der Waals surface area contributed by atoms with Gasteiger partial charge in [0.1, 0.15) is 6.04 Å². The lowest BCUT2D eigenvalue weighted by molar-refractivity contribution is -0.139. The minimum Gasteiger partial charge on any atom is -0.355 e. The van der Waals surface area contributed by atoms with Gasteiger partial charge in [-0.25, -0.2) is 0 Å². The van der Waals surface area contributed by atoms with Gasteiger partial charge in [0.2, 0.25) is 11.8 Å². The summed E-state index contributed by atoms with van der Waals surface area (Å²) in [6.45, 7) is 4.34. The molecule has 2 rings (SSSR count). The minimum atomic E-state index is -0.625. The molecule has 0 radical (unpaired) electrons. The fourth-order valence-electron chi connectivity index (χ4n) is 3.04. The third kappa shape index (κ3) is 7.47. The van der Waals surface area contributed by atoms with Gasteiger partial charge in [-0.2, -0.15) is 0 Å². The topological polar surface area (TPSA) is 49.4 Å². The Balaban J connectivity index is 2.19. The van der Waals surface area contributed by atoms with Gasteiger partial charge in [0.05, 0.1) is 5.75 Å². The highest BCUT2D eigenvalue weighted by Crippen LogP contribution is 2.28. The standard InChI is InChI=1S/C22H24Cl4N2O2S/c1-3-20(22(30)27-4-2)28(11-16-17(24)6-5-7-18(16)25)21(29)13-31-12-14-8-9-15(23)10-19(14)26/h5-10,20H,3-4,11-13H2,1-2H3,(H,27,30)/t20-/m1/s1. The molecule has 31 heavy (non-hydrogen) atoms. The second-order valence-electron chi connectivity index (χ2n) is 6.77. The van der Waals surface area contributed by atoms with Gasteiger partial charge in [-0.1, -0.05) is 65.5 Å². The van der Waals surface area contributed by atoms with E-state index in [1.807, 2.05) is 19.9 Å². The van der Waals surface area contributed by atoms with Crippen molar-refractivity contribution in [3.8, 4) is 0 Å². The smallest absolute Gasteiger partial charge is 0.242 e. The van der Waals surface area contributed by atoms with Crippen molar-refractivity contribution >= 4 is 70.0 Å². The largest absolute Gasteiger partial charge is 0.355 e. The first kappa shape index (κ1) is 26.1. The third-order valence-corrected chi connectivity index (χ3v) is 6.89. The van der Waals surface area contributed by atoms with E-state index in [0.717, 1.165) is 5.56 Å². The Bertz CT molecular complexity index is 906. The zero-order valence-electron chi connectivity index (χ0n) is 17.3. The normalized spacial score (nSPS) is 11.8. The van der Waals surface area contributed by atoms with Crippen molar-refractivity contribution in [1.82, 2.24) is 10.2 Å². The number of carbonyl (C=O) groups excluding carboxylic acids is 2. The van der Waals surface area contributed by atoms with Crippen LogP contribution in [0.3, 0.4) is 0 Å². The van der Waals surface area contributed by atoms with Gasteiger partial charge >= 0.3 is 0 Å². The molecule has 0 saturated heterocycles. The lowest BCUT2D eigenvalue weighted by atomic mass is 10.1. The highest BCUT2D eigenvalue weighted by molar-refractivity contribution is 7.99. The Kier molecular flexibility index (Phi) is 10.8. The molecular formula is C22H24Cl4N2O2S. The molecular weight excluding hydrogens is 498 g/mol. The van der Waals surface area contributed by atoms with Gasteiger partial charge in [0.15, 0.2) is 0 Å². The number of rotatable bonds is 10. The van der Waals surface area contributed by atoms with Crippen LogP contribution in [-0.2, 0) is 21.9 Å². The van der Waals surface area contributed by atoms with E-state index < -0.39 is 6.04 Å². The molecule has 1 atom stereocenters. The van der Waals surface area contributed by atoms with Crippen LogP contribution in [-0.4, -0.2) is 35.1 Å². The second-order valence-corrected chi connectivity index (χ2v) is 9.41. The van der Waals surface area contributed by atoms with E-state index in [1.54, 1.807) is 35.2 Å². The predicted molar refractivity (Wildman–Crippen MR) is 132 cm³/mol. The molecule has 0 aliphatic carbocycles. The van der Waals surface area contributed by atoms with Gasteiger partial charge in [0, 0.05) is 44.5 Å². The molecule has 0 saturated carbocycles. The molecule has 0 fully saturated rings. The first-order chi connectivity index (χ1) is 14.8. The van der Waals surface area contributed by atoms with E-state index in [2.05, 4.69) is 5.32 Å². The highest BCUT2D eigenvalue weighted by atomic mass is 35.5. The molecule has 1 N–H and O–H groups in total. The molecule has 0 spiro atoms. The van der Waals surface area contributed by atoms with Gasteiger partial charge < -0.3 is 10.2 Å². The molecule has 0 bridgehead atoms. The Morgan fingerprint density at radius 1 is 1.03 bits per heavy atom. The number of hydrogen-bond donors (Lipinski definition) is 1. The number of carbonyl (C=O) groups is 2. The number of likely N-dealkylation sites (N-methyl/N-ethyl adjacent to an activating group) is 1. The van der Waals surface area contributed by atoms with Crippen molar-refractivity contribution in [3.63, 3.8) is 0 Å². The SMILES string of the molecule is CCNC(=O)[C@@H](CC)N(Cc1c(Cl)cccc1Cl)C(=O)CSCc1ccc(Cl)cc1Cl. The summed E-state index contributed by atoms with van der Waals surface area (Å²) in [5, 5.41) is 4.83. The van der Waals surface area contributed by atoms with Crippen LogP contribution in [0.2, 0.25) is 20.1 Å². The Labute approximate surface area is 207 Å². The molecule has 2 aromatic rings. The quantitative estimate of drug-likeness (QED) is 0.389. The Morgan fingerprint density at radius 3 is 2.29 bits per heavy atom. The number of hydrogen-bond acceptors (Lipinski definition) is 3. The molecule has 0 unspecified atom stereocenters. The number of thioether (sulfide) groups is 1. The number of benzene rings is 2. The average molecular weight is 522 g/mol. The molecule has 0 aliphatic heterocycles. The van der Waals surface area contributed by atoms with Crippen LogP contribution in [0.5, 0.6) is 0 Å². The first-order valence-electron chi connectivity index (χ1n) is 9.80. The lowest BCUT2D eigenvalue weighted by Gasteiger charge is -2.31. The number of amides is 2. The maximum atomic E-state index is 13.2. The van der Waals surface area contributed by atoms with E-state index in [4.69, 9.17) is 46.4 Å². The fourth-order valence-corrected chi connectivity index (χ4v) is 5.02. The van der Waals surface area contributed by atoms with E-state index in [-0.39, 0.29) is 24.1 Å². The molecule has 168 valence electrons. The summed E-state index contributed by atoms with van der Waals surface area (Å²) in [4.78, 5) is 27.4. The molecule has 0 aliphatic rings. The zero-order chi connectivity index (χ0) is 23.0. The van der Waals surface area contributed by atoms with Gasteiger partial charge in [-0.3, -0.25) is 9.59 Å². The predicted octanol–water partition coefficient (Wildman–Crippen LogP) is 6.48. The molecule has 2 aromatic carbocycles. The number of halogens is 4. The second kappa shape index (κ2) is 12.8. The Morgan fingerprint density at radius 2 is 1.71 bits per heavy atom. The summed E-state index contributed by atoms with van der Waals surface area (Å²) in [7, 11) is 0. The highest BCUT2D eigenvalue weighted by Gasteiger charge is 2.29. The maximum absolute atomic E-state index is 13.2. The van der Waals surface area contributed by atoms with Crippen LogP contribution in [0.1, 0.15) is 31.4 Å². The molecule has 0 aromatic heterocycles. The van der Waals surface area contributed by atoms with Crippen LogP contribution >= 0.6 is 58.2 Å². The van der Waals surface area contributed by atoms with Crippen molar-refractivity contribution < 1.29 is 9.59 Å². The lowest BCUT2D eigenvalue weighted by Crippen LogP contribution is -2.49. The van der Waals surface area contributed by atoms with E-state index in [9.17, 15) is 9.59 Å². The van der Waals surface area contributed by atoms with Crippen LogP contribution < -0.4 is 5.32 Å². The average Bonchev–Trinajstić information content (AvgIpc) is 2.71. The summed E-state index contributed by atoms with van der Waals surface area (Å²) < 4.78 is 0. The summed E-state index contributed by atoms with van der Waals surface area (Å²) in [5.41, 5.74) is 1.51. The van der Waals surface area contributed by atoms with Gasteiger partial charge in [0.25, 0.3) is 0 Å². The summed E-state index contributed by atoms with van der Waals surface area (Å²) in [5.74, 6) is 0.341. The Hall–Kier alpha value is -1.11. The van der Waals surface area contributed by atoms with E-state index in [1.165, 1.54) is 11.8 Å². The molecule has 9 heteroatoms. The van der Waals surface area contributed by atoms with Crippen LogP contribution in [0.25, 0.3) is 0 Å². The minimum absolute atomic E-state index is 0.148. The first-order valence-corrected chi connectivity index (χ1v) is 12.5. The van der Waals surface area contributed by atoms with Crippen molar-refractivity contribution in [2.45, 2.75) is 38.6 Å². The molecule has 2 amide bonds. The van der Waals surface area contributed by atoms with Gasteiger partial charge in [-0.15, -0.1) is 11.8 Å². The van der Waals surface area contributed by atoms with Crippen LogP contribution in [0, 0.1) is 0 Å².